The van der Waals surface area contributed by atoms with Crippen LogP contribution in [-0.4, -0.2) is 12.8 Å². The third-order valence-corrected chi connectivity index (χ3v) is 7.70. The first-order valence-corrected chi connectivity index (χ1v) is 14.2. The number of benzene rings is 3. The average molecular weight is 523 g/mol. The maximum absolute atomic E-state index is 5.10. The van der Waals surface area contributed by atoms with E-state index in [1.165, 1.54) is 39.0 Å². The standard InChI is InChI=1S/C38H38N2/c1-28(31-18-20-35(21-19-31)33-12-8-5-9-13-33)26-38(40-29(2)32-10-6-4-7-11-32)37-24-22-36(23-25-37)34-16-14-30(15-17-34)27-39-3/h4-18,20-22,24,26,31,39H,2,19,23,25,27H2,1,3H3/b28-26+,40-38?. The number of hydrogen-bond acceptors (Lipinski definition) is 2. The number of hydrogen-bond donors (Lipinski definition) is 1. The molecule has 3 aromatic carbocycles. The van der Waals surface area contributed by atoms with E-state index in [1.807, 2.05) is 25.2 Å². The van der Waals surface area contributed by atoms with E-state index in [2.05, 4.69) is 122 Å². The fraction of sp³-hybridized carbons (Fsp3) is 0.184. The van der Waals surface area contributed by atoms with Gasteiger partial charge in [-0.25, -0.2) is 4.99 Å². The molecule has 1 N–H and O–H groups in total. The lowest BCUT2D eigenvalue weighted by molar-refractivity contribution is 0.770. The first-order chi connectivity index (χ1) is 19.6. The third kappa shape index (κ3) is 6.83. The summed E-state index contributed by atoms with van der Waals surface area (Å²) in [5, 5.41) is 3.22. The number of rotatable bonds is 9. The third-order valence-electron chi connectivity index (χ3n) is 7.70. The van der Waals surface area contributed by atoms with Crippen LogP contribution in [0.5, 0.6) is 0 Å². The van der Waals surface area contributed by atoms with Gasteiger partial charge in [-0.3, -0.25) is 0 Å². The molecule has 0 aliphatic heterocycles. The minimum Gasteiger partial charge on any atom is -0.316 e. The Kier molecular flexibility index (Phi) is 9.00. The van der Waals surface area contributed by atoms with Crippen LogP contribution in [0.3, 0.4) is 0 Å². The molecule has 0 amide bonds. The van der Waals surface area contributed by atoms with Crippen molar-refractivity contribution in [1.82, 2.24) is 5.32 Å². The van der Waals surface area contributed by atoms with Gasteiger partial charge in [0.2, 0.25) is 0 Å². The number of nitrogens with one attached hydrogen (secondary N) is 1. The SMILES string of the molecule is C=C(N=C(/C=C(\C)C1C=CC(c2ccccc2)=CC1)C1=CC=C(c2ccc(CNC)cc2)CC1)c1ccccc1. The topological polar surface area (TPSA) is 24.4 Å². The Balaban J connectivity index is 1.40. The van der Waals surface area contributed by atoms with Crippen molar-refractivity contribution in [3.63, 3.8) is 0 Å². The highest BCUT2D eigenvalue weighted by Gasteiger charge is 2.16. The molecular formula is C38H38N2. The van der Waals surface area contributed by atoms with Gasteiger partial charge >= 0.3 is 0 Å². The van der Waals surface area contributed by atoms with Crippen molar-refractivity contribution in [3.8, 4) is 0 Å². The van der Waals surface area contributed by atoms with Gasteiger partial charge in [-0.15, -0.1) is 0 Å². The molecule has 2 heteroatoms. The van der Waals surface area contributed by atoms with Crippen LogP contribution in [0.15, 0.2) is 144 Å². The normalized spacial score (nSPS) is 17.6. The van der Waals surface area contributed by atoms with E-state index < -0.39 is 0 Å². The second kappa shape index (κ2) is 13.2. The number of nitrogens with zero attached hydrogens (tertiary/aromatic N) is 1. The molecule has 0 saturated heterocycles. The van der Waals surface area contributed by atoms with Gasteiger partial charge in [0, 0.05) is 12.5 Å². The molecule has 40 heavy (non-hydrogen) atoms. The summed E-state index contributed by atoms with van der Waals surface area (Å²) in [6.07, 6.45) is 16.7. The maximum Gasteiger partial charge on any atom is 0.0668 e. The smallest absolute Gasteiger partial charge is 0.0668 e. The van der Waals surface area contributed by atoms with Crippen molar-refractivity contribution in [2.75, 3.05) is 7.05 Å². The van der Waals surface area contributed by atoms with E-state index in [0.29, 0.717) is 5.92 Å². The van der Waals surface area contributed by atoms with Crippen molar-refractivity contribution in [2.45, 2.75) is 32.7 Å². The maximum atomic E-state index is 5.10. The van der Waals surface area contributed by atoms with E-state index in [4.69, 9.17) is 4.99 Å². The van der Waals surface area contributed by atoms with Gasteiger partial charge in [-0.05, 0) is 78.3 Å². The van der Waals surface area contributed by atoms with Gasteiger partial charge in [-0.2, -0.15) is 0 Å². The molecule has 1 unspecified atom stereocenters. The molecule has 2 nitrogen and oxygen atoms in total. The predicted octanol–water partition coefficient (Wildman–Crippen LogP) is 9.23. The van der Waals surface area contributed by atoms with E-state index in [9.17, 15) is 0 Å². The van der Waals surface area contributed by atoms with Crippen LogP contribution < -0.4 is 5.32 Å². The highest BCUT2D eigenvalue weighted by atomic mass is 14.8. The monoisotopic (exact) mass is 522 g/mol. The summed E-state index contributed by atoms with van der Waals surface area (Å²) < 4.78 is 0. The van der Waals surface area contributed by atoms with Crippen LogP contribution in [0, 0.1) is 5.92 Å². The average Bonchev–Trinajstić information content (AvgIpc) is 3.02. The van der Waals surface area contributed by atoms with Crippen molar-refractivity contribution in [2.24, 2.45) is 10.9 Å². The molecule has 5 rings (SSSR count). The molecular weight excluding hydrogens is 484 g/mol. The van der Waals surface area contributed by atoms with Crippen LogP contribution in [0.1, 0.15) is 48.4 Å². The van der Waals surface area contributed by atoms with Crippen molar-refractivity contribution < 1.29 is 0 Å². The number of aliphatic imine (C=N–C) groups is 1. The van der Waals surface area contributed by atoms with Gasteiger partial charge in [0.05, 0.1) is 11.4 Å². The second-order valence-corrected chi connectivity index (χ2v) is 10.5. The first kappa shape index (κ1) is 27.3. The zero-order valence-electron chi connectivity index (χ0n) is 23.6. The molecule has 0 fully saturated rings. The van der Waals surface area contributed by atoms with Crippen LogP contribution in [0.2, 0.25) is 0 Å². The Morgan fingerprint density at radius 2 is 1.62 bits per heavy atom. The molecule has 0 spiro atoms. The van der Waals surface area contributed by atoms with Gasteiger partial charge in [0.1, 0.15) is 0 Å². The zero-order chi connectivity index (χ0) is 27.7. The summed E-state index contributed by atoms with van der Waals surface area (Å²) in [6.45, 7) is 7.44. The lowest BCUT2D eigenvalue weighted by Gasteiger charge is -2.20. The van der Waals surface area contributed by atoms with Crippen LogP contribution in [0.25, 0.3) is 16.8 Å². The van der Waals surface area contributed by atoms with E-state index in [1.54, 1.807) is 0 Å². The van der Waals surface area contributed by atoms with Crippen LogP contribution >= 0.6 is 0 Å². The molecule has 3 aromatic rings. The molecule has 200 valence electrons. The molecule has 0 bridgehead atoms. The molecule has 0 heterocycles. The Bertz CT molecular complexity index is 1510. The van der Waals surface area contributed by atoms with E-state index >= 15 is 0 Å². The van der Waals surface area contributed by atoms with E-state index in [0.717, 1.165) is 42.8 Å². The molecule has 0 saturated carbocycles. The van der Waals surface area contributed by atoms with E-state index in [-0.39, 0.29) is 0 Å². The van der Waals surface area contributed by atoms with Crippen molar-refractivity contribution in [3.05, 3.63) is 161 Å². The summed E-state index contributed by atoms with van der Waals surface area (Å²) >= 11 is 0. The lowest BCUT2D eigenvalue weighted by atomic mass is 9.86. The molecule has 1 atom stereocenters. The van der Waals surface area contributed by atoms with Crippen molar-refractivity contribution >= 4 is 22.6 Å². The summed E-state index contributed by atoms with van der Waals surface area (Å²) in [7, 11) is 1.98. The first-order valence-electron chi connectivity index (χ1n) is 14.2. The highest BCUT2D eigenvalue weighted by Crippen LogP contribution is 2.31. The quantitative estimate of drug-likeness (QED) is 0.278. The lowest BCUT2D eigenvalue weighted by Crippen LogP contribution is -2.08. The summed E-state index contributed by atoms with van der Waals surface area (Å²) in [5.41, 5.74) is 12.0. The highest BCUT2D eigenvalue weighted by molar-refractivity contribution is 6.11. The number of allylic oxidation sites excluding steroid dienone is 10. The Morgan fingerprint density at radius 1 is 0.900 bits per heavy atom. The largest absolute Gasteiger partial charge is 0.316 e. The Labute approximate surface area is 239 Å². The van der Waals surface area contributed by atoms with Gasteiger partial charge in [-0.1, -0.05) is 127 Å². The molecule has 2 aliphatic rings. The van der Waals surface area contributed by atoms with Crippen LogP contribution in [0.4, 0.5) is 0 Å². The summed E-state index contributed by atoms with van der Waals surface area (Å²) in [4.78, 5) is 5.10. The molecule has 0 aromatic heterocycles. The predicted molar refractivity (Wildman–Crippen MR) is 173 cm³/mol. The minimum atomic E-state index is 0.356. The van der Waals surface area contributed by atoms with Gasteiger partial charge in [0.15, 0.2) is 0 Å². The minimum absolute atomic E-state index is 0.356. The summed E-state index contributed by atoms with van der Waals surface area (Å²) in [6, 6.07) is 29.8. The summed E-state index contributed by atoms with van der Waals surface area (Å²) in [5.74, 6) is 0.356. The Morgan fingerprint density at radius 3 is 2.25 bits per heavy atom. The van der Waals surface area contributed by atoms with Crippen LogP contribution in [-0.2, 0) is 6.54 Å². The fourth-order valence-electron chi connectivity index (χ4n) is 5.29. The van der Waals surface area contributed by atoms with Gasteiger partial charge < -0.3 is 5.32 Å². The molecule has 0 radical (unpaired) electrons. The second-order valence-electron chi connectivity index (χ2n) is 10.5. The van der Waals surface area contributed by atoms with Gasteiger partial charge in [0.25, 0.3) is 0 Å². The fourth-order valence-corrected chi connectivity index (χ4v) is 5.29. The Hall–Kier alpha value is -4.27. The van der Waals surface area contributed by atoms with Crippen molar-refractivity contribution in [1.29, 1.82) is 0 Å². The molecule has 2 aliphatic carbocycles. The zero-order valence-corrected chi connectivity index (χ0v) is 23.6.